The summed E-state index contributed by atoms with van der Waals surface area (Å²) in [5.74, 6) is 0.302. The van der Waals surface area contributed by atoms with Crippen LogP contribution in [0.2, 0.25) is 0 Å². The van der Waals surface area contributed by atoms with E-state index in [9.17, 15) is 4.79 Å². The summed E-state index contributed by atoms with van der Waals surface area (Å²) < 4.78 is 0. The van der Waals surface area contributed by atoms with Crippen molar-refractivity contribution in [2.75, 3.05) is 13.1 Å². The van der Waals surface area contributed by atoms with Gasteiger partial charge in [-0.15, -0.1) is 0 Å². The SMILES string of the molecule is C/C(C=N)=C(/N)c1cc(C(=O)N2CC(c3ccc(C#N)cc3)C2)c(C)cc1C. The predicted molar refractivity (Wildman–Crippen MR) is 111 cm³/mol. The number of nitrogens with two attached hydrogens (primary N) is 1. The molecule has 0 bridgehead atoms. The smallest absolute Gasteiger partial charge is 0.254 e. The van der Waals surface area contributed by atoms with Gasteiger partial charge in [0.05, 0.1) is 11.6 Å². The molecule has 1 aliphatic rings. The van der Waals surface area contributed by atoms with Gasteiger partial charge in [-0.25, -0.2) is 0 Å². The lowest BCUT2D eigenvalue weighted by Crippen LogP contribution is -2.48. The van der Waals surface area contributed by atoms with E-state index in [1.165, 1.54) is 6.21 Å². The molecule has 5 nitrogen and oxygen atoms in total. The van der Waals surface area contributed by atoms with Crippen LogP contribution in [0.25, 0.3) is 5.70 Å². The summed E-state index contributed by atoms with van der Waals surface area (Å²) in [4.78, 5) is 14.9. The van der Waals surface area contributed by atoms with Gasteiger partial charge in [-0.2, -0.15) is 5.26 Å². The highest BCUT2D eigenvalue weighted by atomic mass is 16.2. The molecule has 1 aliphatic heterocycles. The van der Waals surface area contributed by atoms with Gasteiger partial charge in [-0.3, -0.25) is 4.79 Å². The van der Waals surface area contributed by atoms with Crippen molar-refractivity contribution in [3.05, 3.63) is 75.4 Å². The summed E-state index contributed by atoms with van der Waals surface area (Å²) in [6, 6.07) is 13.5. The van der Waals surface area contributed by atoms with Crippen LogP contribution in [0.1, 0.15) is 51.0 Å². The second-order valence-electron chi connectivity index (χ2n) is 7.36. The van der Waals surface area contributed by atoms with Crippen molar-refractivity contribution in [3.8, 4) is 6.07 Å². The Kier molecular flexibility index (Phi) is 5.32. The zero-order valence-electron chi connectivity index (χ0n) is 16.4. The maximum absolute atomic E-state index is 13.0. The summed E-state index contributed by atoms with van der Waals surface area (Å²) in [6.45, 7) is 7.02. The lowest BCUT2D eigenvalue weighted by atomic mass is 9.89. The van der Waals surface area contributed by atoms with Crippen LogP contribution in [-0.2, 0) is 0 Å². The van der Waals surface area contributed by atoms with Crippen LogP contribution >= 0.6 is 0 Å². The van der Waals surface area contributed by atoms with Crippen molar-refractivity contribution in [3.63, 3.8) is 0 Å². The fraction of sp³-hybridized carbons (Fsp3) is 0.261. The minimum Gasteiger partial charge on any atom is -0.398 e. The number of likely N-dealkylation sites (tertiary alicyclic amines) is 1. The summed E-state index contributed by atoms with van der Waals surface area (Å²) in [5, 5.41) is 16.3. The molecule has 1 amide bonds. The zero-order chi connectivity index (χ0) is 20.4. The zero-order valence-corrected chi connectivity index (χ0v) is 16.4. The fourth-order valence-electron chi connectivity index (χ4n) is 3.52. The van der Waals surface area contributed by atoms with Crippen LogP contribution in [0.4, 0.5) is 0 Å². The number of rotatable bonds is 4. The molecule has 0 unspecified atom stereocenters. The Hall–Kier alpha value is -3.39. The minimum absolute atomic E-state index is 0.00366. The van der Waals surface area contributed by atoms with Gasteiger partial charge < -0.3 is 16.0 Å². The van der Waals surface area contributed by atoms with Crippen molar-refractivity contribution < 1.29 is 4.79 Å². The number of hydrogen-bond donors (Lipinski definition) is 2. The number of carbonyl (C=O) groups is 1. The Bertz CT molecular complexity index is 1010. The molecule has 3 N–H and O–H groups in total. The van der Waals surface area contributed by atoms with Gasteiger partial charge >= 0.3 is 0 Å². The van der Waals surface area contributed by atoms with Crippen LogP contribution in [0.5, 0.6) is 0 Å². The predicted octanol–water partition coefficient (Wildman–Crippen LogP) is 3.75. The lowest BCUT2D eigenvalue weighted by Gasteiger charge is -2.40. The summed E-state index contributed by atoms with van der Waals surface area (Å²) >= 11 is 0. The Morgan fingerprint density at radius 1 is 1.18 bits per heavy atom. The number of allylic oxidation sites excluding steroid dienone is 1. The van der Waals surface area contributed by atoms with Gasteiger partial charge in [-0.1, -0.05) is 18.2 Å². The van der Waals surface area contributed by atoms with E-state index >= 15 is 0 Å². The first kappa shape index (κ1) is 19.4. The van der Waals surface area contributed by atoms with E-state index in [1.54, 1.807) is 6.92 Å². The second-order valence-corrected chi connectivity index (χ2v) is 7.36. The lowest BCUT2D eigenvalue weighted by molar-refractivity contribution is 0.0601. The highest BCUT2D eigenvalue weighted by Gasteiger charge is 2.33. The molecule has 0 spiro atoms. The second kappa shape index (κ2) is 7.69. The van der Waals surface area contributed by atoms with E-state index in [-0.39, 0.29) is 5.91 Å². The average Bonchev–Trinajstić information content (AvgIpc) is 2.66. The Balaban J connectivity index is 1.80. The number of nitrogens with zero attached hydrogens (tertiary/aromatic N) is 2. The first-order chi connectivity index (χ1) is 13.3. The van der Waals surface area contributed by atoms with Crippen LogP contribution in [0, 0.1) is 30.6 Å². The first-order valence-corrected chi connectivity index (χ1v) is 9.23. The quantitative estimate of drug-likeness (QED) is 0.800. The van der Waals surface area contributed by atoms with E-state index < -0.39 is 0 Å². The van der Waals surface area contributed by atoms with E-state index in [0.717, 1.165) is 22.3 Å². The Labute approximate surface area is 165 Å². The van der Waals surface area contributed by atoms with Crippen molar-refractivity contribution in [2.24, 2.45) is 5.73 Å². The molecule has 1 fully saturated rings. The third kappa shape index (κ3) is 3.54. The fourth-order valence-corrected chi connectivity index (χ4v) is 3.52. The van der Waals surface area contributed by atoms with Gasteiger partial charge in [0.15, 0.2) is 0 Å². The van der Waals surface area contributed by atoms with Gasteiger partial charge in [-0.05, 0) is 61.2 Å². The van der Waals surface area contributed by atoms with Crippen LogP contribution in [-0.4, -0.2) is 30.1 Å². The molecule has 5 heteroatoms. The maximum Gasteiger partial charge on any atom is 0.254 e. The molecule has 1 saturated heterocycles. The van der Waals surface area contributed by atoms with Gasteiger partial charge in [0.1, 0.15) is 0 Å². The molecule has 2 aromatic rings. The monoisotopic (exact) mass is 372 g/mol. The van der Waals surface area contributed by atoms with Crippen molar-refractivity contribution in [1.82, 2.24) is 4.90 Å². The molecule has 28 heavy (non-hydrogen) atoms. The van der Waals surface area contributed by atoms with Gasteiger partial charge in [0.25, 0.3) is 5.91 Å². The molecule has 0 saturated carbocycles. The molecule has 0 aliphatic carbocycles. The molecular formula is C23H24N4O. The first-order valence-electron chi connectivity index (χ1n) is 9.23. The highest BCUT2D eigenvalue weighted by Crippen LogP contribution is 2.30. The molecule has 2 aromatic carbocycles. The number of nitriles is 1. The molecule has 0 atom stereocenters. The molecular weight excluding hydrogens is 348 g/mol. The standard InChI is InChI=1S/C23H24N4O/c1-14-8-15(2)21(9-20(14)22(26)16(3)10-24)23(28)27-12-19(13-27)18-6-4-17(11-25)5-7-18/h4-10,19,24H,12-13,26H2,1-3H3/b22-16-,24-10?. The topological polar surface area (TPSA) is 94.0 Å². The molecule has 3 rings (SSSR count). The number of aryl methyl sites for hydroxylation is 2. The van der Waals surface area contributed by atoms with E-state index in [4.69, 9.17) is 16.4 Å². The largest absolute Gasteiger partial charge is 0.398 e. The third-order valence-electron chi connectivity index (χ3n) is 5.41. The molecule has 0 radical (unpaired) electrons. The van der Waals surface area contributed by atoms with E-state index in [2.05, 4.69) is 6.07 Å². The Morgan fingerprint density at radius 2 is 1.79 bits per heavy atom. The number of benzene rings is 2. The van der Waals surface area contributed by atoms with Crippen molar-refractivity contribution in [2.45, 2.75) is 26.7 Å². The van der Waals surface area contributed by atoms with Gasteiger partial charge in [0.2, 0.25) is 0 Å². The average molecular weight is 372 g/mol. The van der Waals surface area contributed by atoms with E-state index in [0.29, 0.717) is 41.4 Å². The highest BCUT2D eigenvalue weighted by molar-refractivity contribution is 5.98. The normalized spacial score (nSPS) is 14.7. The minimum atomic E-state index is 0.00366. The third-order valence-corrected chi connectivity index (χ3v) is 5.41. The number of amides is 1. The van der Waals surface area contributed by atoms with Crippen LogP contribution in [0.15, 0.2) is 42.0 Å². The van der Waals surface area contributed by atoms with Crippen LogP contribution < -0.4 is 5.73 Å². The summed E-state index contributed by atoms with van der Waals surface area (Å²) in [6.07, 6.45) is 1.23. The maximum atomic E-state index is 13.0. The Morgan fingerprint density at radius 3 is 2.36 bits per heavy atom. The summed E-state index contributed by atoms with van der Waals surface area (Å²) in [5.41, 5.74) is 12.6. The van der Waals surface area contributed by atoms with Crippen molar-refractivity contribution in [1.29, 1.82) is 10.7 Å². The molecule has 1 heterocycles. The van der Waals surface area contributed by atoms with Gasteiger partial charge in [0, 0.05) is 42.0 Å². The molecule has 0 aromatic heterocycles. The number of carbonyl (C=O) groups excluding carboxylic acids is 1. The van der Waals surface area contributed by atoms with Crippen LogP contribution in [0.3, 0.4) is 0 Å². The summed E-state index contributed by atoms with van der Waals surface area (Å²) in [7, 11) is 0. The number of hydrogen-bond acceptors (Lipinski definition) is 4. The van der Waals surface area contributed by atoms with Crippen molar-refractivity contribution >= 4 is 17.8 Å². The van der Waals surface area contributed by atoms with E-state index in [1.807, 2.05) is 55.1 Å². The number of nitrogens with one attached hydrogen (secondary N) is 1. The molecule has 142 valence electrons.